The lowest BCUT2D eigenvalue weighted by Gasteiger charge is -2.21. The number of ether oxygens (including phenoxy) is 2. The fourth-order valence-electron chi connectivity index (χ4n) is 2.58. The lowest BCUT2D eigenvalue weighted by Crippen LogP contribution is -2.13. The van der Waals surface area contributed by atoms with E-state index in [1.165, 1.54) is 0 Å². The van der Waals surface area contributed by atoms with Crippen LogP contribution in [-0.2, 0) is 0 Å². The molecule has 0 aliphatic heterocycles. The van der Waals surface area contributed by atoms with Gasteiger partial charge in [0, 0.05) is 31.2 Å². The third kappa shape index (κ3) is 2.78. The van der Waals surface area contributed by atoms with Crippen molar-refractivity contribution in [3.63, 3.8) is 0 Å². The van der Waals surface area contributed by atoms with Crippen LogP contribution >= 0.6 is 0 Å². The molecule has 0 spiro atoms. The molecule has 6 nitrogen and oxygen atoms in total. The Morgan fingerprint density at radius 2 is 1.71 bits per heavy atom. The van der Waals surface area contributed by atoms with Gasteiger partial charge < -0.3 is 19.7 Å². The largest absolute Gasteiger partial charge is 0.493 e. The average molecular weight is 324 g/mol. The summed E-state index contributed by atoms with van der Waals surface area (Å²) >= 11 is 0. The summed E-state index contributed by atoms with van der Waals surface area (Å²) in [6, 6.07) is 13.7. The maximum atomic E-state index is 5.40. The summed E-state index contributed by atoms with van der Waals surface area (Å²) in [5, 5.41) is 3.99. The molecule has 0 unspecified atom stereocenters. The Bertz CT molecular complexity index is 867. The second-order valence-corrected chi connectivity index (χ2v) is 5.24. The van der Waals surface area contributed by atoms with Gasteiger partial charge in [-0.3, -0.25) is 0 Å². The smallest absolute Gasteiger partial charge is 0.224 e. The lowest BCUT2D eigenvalue weighted by molar-refractivity contribution is 0.355. The number of hydrogen-bond donors (Lipinski definition) is 1. The Morgan fingerprint density at radius 1 is 0.958 bits per heavy atom. The molecular formula is C18H20N4O2. The van der Waals surface area contributed by atoms with Gasteiger partial charge >= 0.3 is 0 Å². The SMILES string of the molecule is CNc1nc(N(C)c2ccc(OC)c(OC)c2)c2ccccc2n1. The second-order valence-electron chi connectivity index (χ2n) is 5.24. The highest BCUT2D eigenvalue weighted by Gasteiger charge is 2.14. The first-order chi connectivity index (χ1) is 11.7. The van der Waals surface area contributed by atoms with Crippen LogP contribution in [0.1, 0.15) is 0 Å². The minimum Gasteiger partial charge on any atom is -0.493 e. The van der Waals surface area contributed by atoms with Crippen molar-refractivity contribution in [2.24, 2.45) is 0 Å². The van der Waals surface area contributed by atoms with Crippen molar-refractivity contribution in [2.45, 2.75) is 0 Å². The number of fused-ring (bicyclic) bond motifs is 1. The summed E-state index contributed by atoms with van der Waals surface area (Å²) in [5.41, 5.74) is 1.83. The van der Waals surface area contributed by atoms with Crippen molar-refractivity contribution in [3.8, 4) is 11.5 Å². The fraction of sp³-hybridized carbons (Fsp3) is 0.222. The standard InChI is InChI=1S/C18H20N4O2/c1-19-18-20-14-8-6-5-7-13(14)17(21-18)22(2)12-9-10-15(23-3)16(11-12)24-4/h5-11H,1-4H3,(H,19,20,21). The van der Waals surface area contributed by atoms with E-state index in [0.29, 0.717) is 17.4 Å². The normalized spacial score (nSPS) is 10.5. The van der Waals surface area contributed by atoms with Crippen molar-refractivity contribution in [1.29, 1.82) is 0 Å². The van der Waals surface area contributed by atoms with E-state index in [1.807, 2.05) is 61.5 Å². The molecule has 124 valence electrons. The minimum atomic E-state index is 0.580. The van der Waals surface area contributed by atoms with Crippen LogP contribution in [0.3, 0.4) is 0 Å². The summed E-state index contributed by atoms with van der Waals surface area (Å²) < 4.78 is 10.7. The molecule has 24 heavy (non-hydrogen) atoms. The number of rotatable bonds is 5. The fourth-order valence-corrected chi connectivity index (χ4v) is 2.58. The summed E-state index contributed by atoms with van der Waals surface area (Å²) in [6.07, 6.45) is 0. The van der Waals surface area contributed by atoms with Gasteiger partial charge in [0.05, 0.1) is 19.7 Å². The van der Waals surface area contributed by atoms with Crippen LogP contribution in [0.4, 0.5) is 17.5 Å². The summed E-state index contributed by atoms with van der Waals surface area (Å²) in [5.74, 6) is 2.76. The highest BCUT2D eigenvalue weighted by atomic mass is 16.5. The molecule has 1 aromatic heterocycles. The molecule has 0 aliphatic carbocycles. The maximum Gasteiger partial charge on any atom is 0.224 e. The van der Waals surface area contributed by atoms with Crippen LogP contribution in [0.2, 0.25) is 0 Å². The zero-order valence-corrected chi connectivity index (χ0v) is 14.2. The molecule has 0 bridgehead atoms. The highest BCUT2D eigenvalue weighted by Crippen LogP contribution is 2.35. The van der Waals surface area contributed by atoms with Crippen LogP contribution in [0.5, 0.6) is 11.5 Å². The lowest BCUT2D eigenvalue weighted by atomic mass is 10.2. The van der Waals surface area contributed by atoms with Crippen LogP contribution in [0, 0.1) is 0 Å². The van der Waals surface area contributed by atoms with E-state index in [-0.39, 0.29) is 0 Å². The summed E-state index contributed by atoms with van der Waals surface area (Å²) in [4.78, 5) is 11.1. The molecule has 3 rings (SSSR count). The van der Waals surface area contributed by atoms with Crippen LogP contribution < -0.4 is 19.7 Å². The van der Waals surface area contributed by atoms with Crippen molar-refractivity contribution < 1.29 is 9.47 Å². The predicted molar refractivity (Wildman–Crippen MR) is 96.7 cm³/mol. The van der Waals surface area contributed by atoms with Gasteiger partial charge in [0.2, 0.25) is 5.95 Å². The first-order valence-corrected chi connectivity index (χ1v) is 7.58. The van der Waals surface area contributed by atoms with E-state index in [0.717, 1.165) is 22.4 Å². The minimum absolute atomic E-state index is 0.580. The van der Waals surface area contributed by atoms with E-state index < -0.39 is 0 Å². The van der Waals surface area contributed by atoms with E-state index in [2.05, 4.69) is 15.3 Å². The van der Waals surface area contributed by atoms with Crippen molar-refractivity contribution >= 4 is 28.4 Å². The zero-order valence-electron chi connectivity index (χ0n) is 14.2. The van der Waals surface area contributed by atoms with Crippen molar-refractivity contribution in [2.75, 3.05) is 38.5 Å². The van der Waals surface area contributed by atoms with Gasteiger partial charge in [-0.2, -0.15) is 4.98 Å². The zero-order chi connectivity index (χ0) is 17.1. The predicted octanol–water partition coefficient (Wildman–Crippen LogP) is 3.46. The molecular weight excluding hydrogens is 304 g/mol. The quantitative estimate of drug-likeness (QED) is 0.775. The molecule has 0 saturated carbocycles. The third-order valence-corrected chi connectivity index (χ3v) is 3.88. The number of methoxy groups -OCH3 is 2. The first kappa shape index (κ1) is 15.9. The molecule has 2 aromatic carbocycles. The molecule has 3 aromatic rings. The van der Waals surface area contributed by atoms with Gasteiger partial charge in [0.1, 0.15) is 5.82 Å². The van der Waals surface area contributed by atoms with Gasteiger partial charge in [-0.1, -0.05) is 12.1 Å². The number of nitrogens with zero attached hydrogens (tertiary/aromatic N) is 3. The molecule has 0 fully saturated rings. The topological polar surface area (TPSA) is 59.5 Å². The molecule has 6 heteroatoms. The maximum absolute atomic E-state index is 5.40. The van der Waals surface area contributed by atoms with Gasteiger partial charge in [-0.25, -0.2) is 4.98 Å². The van der Waals surface area contributed by atoms with E-state index in [4.69, 9.17) is 9.47 Å². The molecule has 0 amide bonds. The van der Waals surface area contributed by atoms with Gasteiger partial charge in [0.25, 0.3) is 0 Å². The molecule has 0 aliphatic rings. The number of para-hydroxylation sites is 1. The van der Waals surface area contributed by atoms with Gasteiger partial charge in [0.15, 0.2) is 11.5 Å². The molecule has 1 N–H and O–H groups in total. The monoisotopic (exact) mass is 324 g/mol. The number of nitrogens with one attached hydrogen (secondary N) is 1. The second kappa shape index (κ2) is 6.62. The van der Waals surface area contributed by atoms with E-state index in [1.54, 1.807) is 14.2 Å². The highest BCUT2D eigenvalue weighted by molar-refractivity contribution is 5.92. The van der Waals surface area contributed by atoms with Crippen LogP contribution in [0.15, 0.2) is 42.5 Å². The Labute approximate surface area is 141 Å². The average Bonchev–Trinajstić information content (AvgIpc) is 2.65. The summed E-state index contributed by atoms with van der Waals surface area (Å²) in [6.45, 7) is 0. The van der Waals surface area contributed by atoms with Crippen molar-refractivity contribution in [1.82, 2.24) is 9.97 Å². The molecule has 0 saturated heterocycles. The van der Waals surface area contributed by atoms with Crippen LogP contribution in [0.25, 0.3) is 10.9 Å². The Balaban J connectivity index is 2.13. The Kier molecular flexibility index (Phi) is 4.37. The van der Waals surface area contributed by atoms with Gasteiger partial charge in [-0.15, -0.1) is 0 Å². The number of hydrogen-bond acceptors (Lipinski definition) is 6. The van der Waals surface area contributed by atoms with Crippen LogP contribution in [-0.4, -0.2) is 38.3 Å². The molecule has 0 atom stereocenters. The van der Waals surface area contributed by atoms with Crippen molar-refractivity contribution in [3.05, 3.63) is 42.5 Å². The van der Waals surface area contributed by atoms with E-state index in [9.17, 15) is 0 Å². The first-order valence-electron chi connectivity index (χ1n) is 7.58. The molecule has 0 radical (unpaired) electrons. The van der Waals surface area contributed by atoms with Gasteiger partial charge in [-0.05, 0) is 24.3 Å². The third-order valence-electron chi connectivity index (χ3n) is 3.88. The number of benzene rings is 2. The summed E-state index contributed by atoms with van der Waals surface area (Å²) in [7, 11) is 7.03. The molecule has 1 heterocycles. The Morgan fingerprint density at radius 3 is 2.42 bits per heavy atom. The van der Waals surface area contributed by atoms with E-state index >= 15 is 0 Å². The number of anilines is 3. The Hall–Kier alpha value is -3.02. The number of aromatic nitrogens is 2.